The molecule has 3 rings (SSSR count). The number of nitrogens with one attached hydrogen (secondary N) is 1. The van der Waals surface area contributed by atoms with Gasteiger partial charge < -0.3 is 5.32 Å². The second-order valence-electron chi connectivity index (χ2n) is 6.12. The molecule has 2 atom stereocenters. The molecule has 0 aliphatic heterocycles. The van der Waals surface area contributed by atoms with Crippen LogP contribution < -0.4 is 5.32 Å². The highest BCUT2D eigenvalue weighted by molar-refractivity contribution is 9.09. The Kier molecular flexibility index (Phi) is 4.45. The second-order valence-corrected chi connectivity index (χ2v) is 6.76. The van der Waals surface area contributed by atoms with Crippen molar-refractivity contribution in [2.45, 2.75) is 51.0 Å². The van der Waals surface area contributed by atoms with Gasteiger partial charge in [-0.05, 0) is 61.3 Å². The molecule has 0 radical (unpaired) electrons. The molecule has 0 saturated heterocycles. The first-order valence-corrected chi connectivity index (χ1v) is 8.88. The Morgan fingerprint density at radius 3 is 2.80 bits per heavy atom. The molecule has 1 saturated carbocycles. The Bertz CT molecular complexity index is 500. The zero-order valence-electron chi connectivity index (χ0n) is 11.8. The third kappa shape index (κ3) is 2.93. The first kappa shape index (κ1) is 14.1. The van der Waals surface area contributed by atoms with E-state index in [4.69, 9.17) is 0 Å². The van der Waals surface area contributed by atoms with Crippen LogP contribution in [-0.2, 0) is 12.8 Å². The van der Waals surface area contributed by atoms with E-state index >= 15 is 0 Å². The minimum atomic E-state index is 0.109. The fourth-order valence-electron chi connectivity index (χ4n) is 3.55. The van der Waals surface area contributed by atoms with Crippen LogP contribution in [0.4, 0.5) is 0 Å². The van der Waals surface area contributed by atoms with Gasteiger partial charge in [0.05, 0.1) is 0 Å². The Hall–Kier alpha value is -0.830. The van der Waals surface area contributed by atoms with Crippen molar-refractivity contribution in [1.29, 1.82) is 0 Å². The smallest absolute Gasteiger partial charge is 0.251 e. The SMILES string of the molecule is O=C(NC1CCCCC1CBr)c1ccc2c(c1)CCC2. The standard InChI is InChI=1S/C17H22BrNO/c18-11-15-4-1-2-7-16(15)19-17(20)14-9-8-12-5-3-6-13(12)10-14/h8-10,15-16H,1-7,11H2,(H,19,20). The van der Waals surface area contributed by atoms with Crippen LogP contribution in [0.15, 0.2) is 18.2 Å². The number of halogens is 1. The van der Waals surface area contributed by atoms with Gasteiger partial charge in [-0.2, -0.15) is 0 Å². The van der Waals surface area contributed by atoms with Crippen LogP contribution in [0.2, 0.25) is 0 Å². The molecular formula is C17H22BrNO. The molecule has 1 N–H and O–H groups in total. The van der Waals surface area contributed by atoms with E-state index < -0.39 is 0 Å². The maximum absolute atomic E-state index is 12.4. The largest absolute Gasteiger partial charge is 0.349 e. The van der Waals surface area contributed by atoms with Crippen LogP contribution in [0.5, 0.6) is 0 Å². The molecule has 2 aliphatic rings. The number of hydrogen-bond acceptors (Lipinski definition) is 1. The minimum Gasteiger partial charge on any atom is -0.349 e. The molecule has 1 fully saturated rings. The number of amides is 1. The van der Waals surface area contributed by atoms with E-state index in [1.807, 2.05) is 6.07 Å². The summed E-state index contributed by atoms with van der Waals surface area (Å²) in [6.07, 6.45) is 8.40. The van der Waals surface area contributed by atoms with E-state index in [-0.39, 0.29) is 5.91 Å². The number of aryl methyl sites for hydroxylation is 2. The average Bonchev–Trinajstić information content (AvgIpc) is 2.95. The van der Waals surface area contributed by atoms with Gasteiger partial charge in [0.25, 0.3) is 5.91 Å². The van der Waals surface area contributed by atoms with Gasteiger partial charge in [-0.15, -0.1) is 0 Å². The summed E-state index contributed by atoms with van der Waals surface area (Å²) in [4.78, 5) is 12.4. The molecule has 2 nitrogen and oxygen atoms in total. The molecule has 0 aromatic heterocycles. The molecule has 0 heterocycles. The van der Waals surface area contributed by atoms with E-state index in [0.29, 0.717) is 12.0 Å². The molecule has 108 valence electrons. The normalized spacial score (nSPS) is 25.2. The number of alkyl halides is 1. The fraction of sp³-hybridized carbons (Fsp3) is 0.588. The molecule has 0 spiro atoms. The maximum Gasteiger partial charge on any atom is 0.251 e. The lowest BCUT2D eigenvalue weighted by molar-refractivity contribution is 0.0911. The fourth-order valence-corrected chi connectivity index (χ4v) is 4.32. The Balaban J connectivity index is 1.69. The van der Waals surface area contributed by atoms with E-state index in [9.17, 15) is 4.79 Å². The molecule has 2 unspecified atom stereocenters. The van der Waals surface area contributed by atoms with Gasteiger partial charge in [0.15, 0.2) is 0 Å². The highest BCUT2D eigenvalue weighted by Crippen LogP contribution is 2.27. The van der Waals surface area contributed by atoms with Crippen molar-refractivity contribution in [3.8, 4) is 0 Å². The first-order valence-electron chi connectivity index (χ1n) is 7.76. The van der Waals surface area contributed by atoms with Crippen LogP contribution in [0, 0.1) is 5.92 Å². The van der Waals surface area contributed by atoms with Crippen molar-refractivity contribution in [3.05, 3.63) is 34.9 Å². The number of fused-ring (bicyclic) bond motifs is 1. The lowest BCUT2D eigenvalue weighted by atomic mass is 9.85. The number of hydrogen-bond donors (Lipinski definition) is 1. The molecule has 1 aromatic carbocycles. The van der Waals surface area contributed by atoms with E-state index in [1.54, 1.807) is 0 Å². The van der Waals surface area contributed by atoms with Crippen LogP contribution in [-0.4, -0.2) is 17.3 Å². The quantitative estimate of drug-likeness (QED) is 0.835. The topological polar surface area (TPSA) is 29.1 Å². The van der Waals surface area contributed by atoms with Gasteiger partial charge in [-0.3, -0.25) is 4.79 Å². The van der Waals surface area contributed by atoms with E-state index in [0.717, 1.165) is 23.7 Å². The first-order chi connectivity index (χ1) is 9.78. The predicted molar refractivity (Wildman–Crippen MR) is 85.5 cm³/mol. The average molecular weight is 336 g/mol. The van der Waals surface area contributed by atoms with Gasteiger partial charge in [0, 0.05) is 16.9 Å². The van der Waals surface area contributed by atoms with Gasteiger partial charge >= 0.3 is 0 Å². The summed E-state index contributed by atoms with van der Waals surface area (Å²) in [5, 5.41) is 4.25. The third-order valence-corrected chi connectivity index (χ3v) is 5.62. The third-order valence-electron chi connectivity index (χ3n) is 4.78. The van der Waals surface area contributed by atoms with Crippen molar-refractivity contribution in [3.63, 3.8) is 0 Å². The molecular weight excluding hydrogens is 314 g/mol. The van der Waals surface area contributed by atoms with Gasteiger partial charge in [0.1, 0.15) is 0 Å². The summed E-state index contributed by atoms with van der Waals surface area (Å²) in [6.45, 7) is 0. The summed E-state index contributed by atoms with van der Waals surface area (Å²) < 4.78 is 0. The second kappa shape index (κ2) is 6.30. The van der Waals surface area contributed by atoms with Crippen molar-refractivity contribution >= 4 is 21.8 Å². The van der Waals surface area contributed by atoms with Gasteiger partial charge in [-0.1, -0.05) is 34.8 Å². The van der Waals surface area contributed by atoms with E-state index in [2.05, 4.69) is 33.4 Å². The molecule has 0 bridgehead atoms. The summed E-state index contributed by atoms with van der Waals surface area (Å²) in [6, 6.07) is 6.57. The Labute approximate surface area is 129 Å². The summed E-state index contributed by atoms with van der Waals surface area (Å²) in [5.41, 5.74) is 3.64. The molecule has 3 heteroatoms. The van der Waals surface area contributed by atoms with Crippen LogP contribution in [0.3, 0.4) is 0 Å². The van der Waals surface area contributed by atoms with E-state index in [1.165, 1.54) is 43.2 Å². The predicted octanol–water partition coefficient (Wildman–Crippen LogP) is 3.86. The van der Waals surface area contributed by atoms with Crippen molar-refractivity contribution < 1.29 is 4.79 Å². The maximum atomic E-state index is 12.4. The monoisotopic (exact) mass is 335 g/mol. The van der Waals surface area contributed by atoms with Crippen molar-refractivity contribution in [2.75, 3.05) is 5.33 Å². The zero-order valence-corrected chi connectivity index (χ0v) is 13.4. The highest BCUT2D eigenvalue weighted by atomic mass is 79.9. The minimum absolute atomic E-state index is 0.109. The number of benzene rings is 1. The lowest BCUT2D eigenvalue weighted by Crippen LogP contribution is -2.42. The van der Waals surface area contributed by atoms with Crippen molar-refractivity contribution in [2.24, 2.45) is 5.92 Å². The molecule has 1 aromatic rings. The zero-order chi connectivity index (χ0) is 13.9. The number of carbonyl (C=O) groups is 1. The van der Waals surface area contributed by atoms with Crippen molar-refractivity contribution in [1.82, 2.24) is 5.32 Å². The molecule has 1 amide bonds. The Morgan fingerprint density at radius 2 is 1.95 bits per heavy atom. The summed E-state index contributed by atoms with van der Waals surface area (Å²) in [7, 11) is 0. The lowest BCUT2D eigenvalue weighted by Gasteiger charge is -2.31. The summed E-state index contributed by atoms with van der Waals surface area (Å²) >= 11 is 3.59. The highest BCUT2D eigenvalue weighted by Gasteiger charge is 2.26. The van der Waals surface area contributed by atoms with Gasteiger partial charge in [0.2, 0.25) is 0 Å². The van der Waals surface area contributed by atoms with Crippen LogP contribution >= 0.6 is 15.9 Å². The summed E-state index contributed by atoms with van der Waals surface area (Å²) in [5.74, 6) is 0.694. The Morgan fingerprint density at radius 1 is 1.15 bits per heavy atom. The number of carbonyl (C=O) groups excluding carboxylic acids is 1. The van der Waals surface area contributed by atoms with Crippen LogP contribution in [0.1, 0.15) is 53.6 Å². The number of rotatable bonds is 3. The molecule has 2 aliphatic carbocycles. The van der Waals surface area contributed by atoms with Crippen LogP contribution in [0.25, 0.3) is 0 Å². The van der Waals surface area contributed by atoms with Gasteiger partial charge in [-0.25, -0.2) is 0 Å². The molecule has 20 heavy (non-hydrogen) atoms.